The zero-order valence-corrected chi connectivity index (χ0v) is 12.5. The predicted octanol–water partition coefficient (Wildman–Crippen LogP) is 1.75. The minimum absolute atomic E-state index is 0.0319. The van der Waals surface area contributed by atoms with Crippen LogP contribution in [0.5, 0.6) is 5.75 Å². The van der Waals surface area contributed by atoms with Gasteiger partial charge in [-0.05, 0) is 18.2 Å². The first kappa shape index (κ1) is 14.4. The van der Waals surface area contributed by atoms with Crippen LogP contribution in [0.15, 0.2) is 30.6 Å². The Morgan fingerprint density at radius 2 is 2.14 bits per heavy atom. The van der Waals surface area contributed by atoms with Gasteiger partial charge in [-0.25, -0.2) is 9.69 Å². The van der Waals surface area contributed by atoms with Crippen LogP contribution in [-0.4, -0.2) is 38.3 Å². The Bertz CT molecular complexity index is 758. The molecule has 1 aliphatic heterocycles. The van der Waals surface area contributed by atoms with Gasteiger partial charge in [-0.3, -0.25) is 9.48 Å². The van der Waals surface area contributed by atoms with Gasteiger partial charge in [-0.2, -0.15) is 5.10 Å². The SMILES string of the molecule is Cn1cc(N2C(=O)CN(Cc3cc(Cl)ccc3O)C2=O)cn1. The number of phenols is 1. The lowest BCUT2D eigenvalue weighted by Crippen LogP contribution is -2.32. The third-order valence-corrected chi connectivity index (χ3v) is 3.62. The number of benzene rings is 1. The van der Waals surface area contributed by atoms with Crippen LogP contribution in [0.3, 0.4) is 0 Å². The van der Waals surface area contributed by atoms with E-state index in [1.54, 1.807) is 25.4 Å². The van der Waals surface area contributed by atoms with E-state index in [2.05, 4.69) is 5.10 Å². The second-order valence-electron chi connectivity index (χ2n) is 5.01. The van der Waals surface area contributed by atoms with E-state index >= 15 is 0 Å². The highest BCUT2D eigenvalue weighted by Crippen LogP contribution is 2.26. The van der Waals surface area contributed by atoms with Crippen LogP contribution < -0.4 is 4.90 Å². The number of amides is 3. The summed E-state index contributed by atoms with van der Waals surface area (Å²) in [4.78, 5) is 26.9. The average molecular weight is 321 g/mol. The number of nitrogens with zero attached hydrogens (tertiary/aromatic N) is 4. The molecule has 114 valence electrons. The maximum absolute atomic E-state index is 12.4. The summed E-state index contributed by atoms with van der Waals surface area (Å²) in [5.74, 6) is -0.302. The molecule has 1 aliphatic rings. The molecular weight excluding hydrogens is 308 g/mol. The van der Waals surface area contributed by atoms with Gasteiger partial charge in [0.1, 0.15) is 12.3 Å². The molecule has 0 unspecified atom stereocenters. The number of aryl methyl sites for hydroxylation is 1. The fourth-order valence-electron chi connectivity index (χ4n) is 2.34. The highest BCUT2D eigenvalue weighted by molar-refractivity contribution is 6.30. The van der Waals surface area contributed by atoms with E-state index in [-0.39, 0.29) is 24.7 Å². The number of halogens is 1. The van der Waals surface area contributed by atoms with Crippen molar-refractivity contribution >= 4 is 29.2 Å². The number of urea groups is 1. The molecular formula is C14H13ClN4O3. The maximum atomic E-state index is 12.4. The summed E-state index contributed by atoms with van der Waals surface area (Å²) in [6.07, 6.45) is 3.05. The normalized spacial score (nSPS) is 15.0. The number of carbonyl (C=O) groups is 2. The standard InChI is InChI=1S/C14H13ClN4O3/c1-17-7-11(5-16-17)19-13(21)8-18(14(19)22)6-9-4-10(15)2-3-12(9)20/h2-5,7,20H,6,8H2,1H3. The second kappa shape index (κ2) is 5.34. The average Bonchev–Trinajstić information content (AvgIpc) is 2.98. The molecule has 2 aromatic rings. The van der Waals surface area contributed by atoms with Crippen LogP contribution in [-0.2, 0) is 18.4 Å². The third-order valence-electron chi connectivity index (χ3n) is 3.39. The smallest absolute Gasteiger partial charge is 0.332 e. The topological polar surface area (TPSA) is 78.7 Å². The predicted molar refractivity (Wildman–Crippen MR) is 79.6 cm³/mol. The van der Waals surface area contributed by atoms with E-state index in [4.69, 9.17) is 11.6 Å². The van der Waals surface area contributed by atoms with Crippen LogP contribution in [0.4, 0.5) is 10.5 Å². The molecule has 0 radical (unpaired) electrons. The number of phenolic OH excluding ortho intramolecular Hbond substituents is 1. The Morgan fingerprint density at radius 1 is 1.36 bits per heavy atom. The fraction of sp³-hybridized carbons (Fsp3) is 0.214. The molecule has 3 amide bonds. The molecule has 7 nitrogen and oxygen atoms in total. The van der Waals surface area contributed by atoms with Crippen LogP contribution in [0.25, 0.3) is 0 Å². The maximum Gasteiger partial charge on any atom is 0.332 e. The Balaban J connectivity index is 1.83. The summed E-state index contributed by atoms with van der Waals surface area (Å²) in [6.45, 7) is 0.0490. The summed E-state index contributed by atoms with van der Waals surface area (Å²) < 4.78 is 1.52. The lowest BCUT2D eigenvalue weighted by atomic mass is 10.2. The van der Waals surface area contributed by atoms with Crippen molar-refractivity contribution in [2.45, 2.75) is 6.54 Å². The monoisotopic (exact) mass is 320 g/mol. The van der Waals surface area contributed by atoms with Crippen molar-refractivity contribution in [2.75, 3.05) is 11.4 Å². The van der Waals surface area contributed by atoms with Gasteiger partial charge >= 0.3 is 6.03 Å². The third kappa shape index (κ3) is 2.50. The van der Waals surface area contributed by atoms with Gasteiger partial charge in [-0.1, -0.05) is 11.6 Å². The highest BCUT2D eigenvalue weighted by atomic mass is 35.5. The van der Waals surface area contributed by atoms with Gasteiger partial charge in [0.2, 0.25) is 0 Å². The largest absolute Gasteiger partial charge is 0.508 e. The molecule has 2 heterocycles. The van der Waals surface area contributed by atoms with Crippen molar-refractivity contribution in [2.24, 2.45) is 7.05 Å². The zero-order chi connectivity index (χ0) is 15.9. The van der Waals surface area contributed by atoms with E-state index in [1.807, 2.05) is 0 Å². The van der Waals surface area contributed by atoms with Crippen LogP contribution in [0.2, 0.25) is 5.02 Å². The van der Waals surface area contributed by atoms with E-state index in [9.17, 15) is 14.7 Å². The van der Waals surface area contributed by atoms with Crippen LogP contribution in [0, 0.1) is 0 Å². The Kier molecular flexibility index (Phi) is 3.50. The van der Waals surface area contributed by atoms with E-state index < -0.39 is 6.03 Å². The van der Waals surface area contributed by atoms with E-state index in [0.29, 0.717) is 16.3 Å². The molecule has 1 fully saturated rings. The Hall–Kier alpha value is -2.54. The lowest BCUT2D eigenvalue weighted by molar-refractivity contribution is -0.116. The zero-order valence-electron chi connectivity index (χ0n) is 11.7. The van der Waals surface area contributed by atoms with Gasteiger partial charge in [0.25, 0.3) is 5.91 Å². The minimum Gasteiger partial charge on any atom is -0.508 e. The van der Waals surface area contributed by atoms with Crippen molar-refractivity contribution < 1.29 is 14.7 Å². The molecule has 1 saturated heterocycles. The first-order chi connectivity index (χ1) is 10.5. The number of anilines is 1. The molecule has 0 spiro atoms. The summed E-state index contributed by atoms with van der Waals surface area (Å²) in [6, 6.07) is 4.14. The number of aromatic hydroxyl groups is 1. The number of aromatic nitrogens is 2. The molecule has 0 bridgehead atoms. The number of carbonyl (C=O) groups excluding carboxylic acids is 2. The number of hydrogen-bond donors (Lipinski definition) is 1. The first-order valence-corrected chi connectivity index (χ1v) is 6.91. The molecule has 3 rings (SSSR count). The lowest BCUT2D eigenvalue weighted by Gasteiger charge is -2.16. The molecule has 22 heavy (non-hydrogen) atoms. The molecule has 1 aromatic carbocycles. The summed E-state index contributed by atoms with van der Waals surface area (Å²) in [5.41, 5.74) is 0.914. The minimum atomic E-state index is -0.447. The summed E-state index contributed by atoms with van der Waals surface area (Å²) in [7, 11) is 1.70. The molecule has 1 aromatic heterocycles. The van der Waals surface area contributed by atoms with Gasteiger partial charge in [-0.15, -0.1) is 0 Å². The van der Waals surface area contributed by atoms with Crippen LogP contribution in [0.1, 0.15) is 5.56 Å². The number of imide groups is 1. The van der Waals surface area contributed by atoms with Crippen LogP contribution >= 0.6 is 11.6 Å². The van der Waals surface area contributed by atoms with Crippen molar-refractivity contribution in [1.82, 2.24) is 14.7 Å². The van der Waals surface area contributed by atoms with Crippen molar-refractivity contribution in [3.8, 4) is 5.75 Å². The molecule has 0 atom stereocenters. The van der Waals surface area contributed by atoms with Gasteiger partial charge in [0.05, 0.1) is 18.4 Å². The Labute approximate surface area is 131 Å². The molecule has 0 aliphatic carbocycles. The molecule has 1 N–H and O–H groups in total. The summed E-state index contributed by atoms with van der Waals surface area (Å²) >= 11 is 5.89. The number of hydrogen-bond acceptors (Lipinski definition) is 4. The fourth-order valence-corrected chi connectivity index (χ4v) is 2.53. The van der Waals surface area contributed by atoms with Gasteiger partial charge in [0, 0.05) is 23.8 Å². The van der Waals surface area contributed by atoms with Crippen molar-refractivity contribution in [3.05, 3.63) is 41.2 Å². The first-order valence-electron chi connectivity index (χ1n) is 6.53. The Morgan fingerprint density at radius 3 is 2.82 bits per heavy atom. The van der Waals surface area contributed by atoms with E-state index in [0.717, 1.165) is 4.90 Å². The second-order valence-corrected chi connectivity index (χ2v) is 5.45. The number of rotatable bonds is 3. The van der Waals surface area contributed by atoms with Crippen molar-refractivity contribution in [1.29, 1.82) is 0 Å². The highest BCUT2D eigenvalue weighted by Gasteiger charge is 2.37. The van der Waals surface area contributed by atoms with Gasteiger partial charge in [0.15, 0.2) is 0 Å². The quantitative estimate of drug-likeness (QED) is 0.874. The summed E-state index contributed by atoms with van der Waals surface area (Å²) in [5, 5.41) is 14.2. The van der Waals surface area contributed by atoms with Gasteiger partial charge < -0.3 is 10.0 Å². The van der Waals surface area contributed by atoms with Crippen molar-refractivity contribution in [3.63, 3.8) is 0 Å². The molecule has 8 heteroatoms. The van der Waals surface area contributed by atoms with E-state index in [1.165, 1.54) is 21.8 Å². The molecule has 0 saturated carbocycles.